The highest BCUT2D eigenvalue weighted by Gasteiger charge is 2.42. The first-order chi connectivity index (χ1) is 17.2. The molecule has 2 aromatic rings. The maximum atomic E-state index is 13.8. The summed E-state index contributed by atoms with van der Waals surface area (Å²) in [5.41, 5.74) is -2.39. The molecule has 1 atom stereocenters. The number of benzene rings is 1. The smallest absolute Gasteiger partial charge is 0.438 e. The molecule has 1 aromatic heterocycles. The van der Waals surface area contributed by atoms with Crippen molar-refractivity contribution in [2.24, 2.45) is 11.8 Å². The van der Waals surface area contributed by atoms with Gasteiger partial charge in [0.05, 0.1) is 18.5 Å². The molecule has 2 fully saturated rings. The highest BCUT2D eigenvalue weighted by atomic mass is 32.2. The molecular formula is C23H27F3N4O6S. The van der Waals surface area contributed by atoms with E-state index >= 15 is 0 Å². The lowest BCUT2D eigenvalue weighted by atomic mass is 10.0. The van der Waals surface area contributed by atoms with Crippen LogP contribution in [0.25, 0.3) is 11.3 Å². The molecule has 10 nitrogen and oxygen atoms in total. The Labute approximate surface area is 211 Å². The quantitative estimate of drug-likeness (QED) is 0.413. The van der Waals surface area contributed by atoms with Gasteiger partial charge in [-0.05, 0) is 56.6 Å². The van der Waals surface area contributed by atoms with E-state index in [0.29, 0.717) is 0 Å². The molecule has 4 rings (SSSR count). The number of amides is 1. The number of hydrogen-bond donors (Lipinski definition) is 3. The van der Waals surface area contributed by atoms with Crippen LogP contribution in [-0.4, -0.2) is 54.6 Å². The van der Waals surface area contributed by atoms with Crippen LogP contribution in [0.15, 0.2) is 24.3 Å². The van der Waals surface area contributed by atoms with Gasteiger partial charge in [-0.3, -0.25) is 4.72 Å². The minimum Gasteiger partial charge on any atom is -0.476 e. The highest BCUT2D eigenvalue weighted by molar-refractivity contribution is 7.92. The second-order valence-electron chi connectivity index (χ2n) is 9.61. The number of aliphatic hydroxyl groups is 1. The molecule has 1 amide bonds. The average molecular weight is 545 g/mol. The molecule has 37 heavy (non-hydrogen) atoms. The molecule has 0 spiro atoms. The van der Waals surface area contributed by atoms with Gasteiger partial charge in [0, 0.05) is 17.8 Å². The third-order valence-corrected chi connectivity index (χ3v) is 6.56. The van der Waals surface area contributed by atoms with Gasteiger partial charge in [0.2, 0.25) is 21.6 Å². The molecule has 1 heterocycles. The Morgan fingerprint density at radius 2 is 1.76 bits per heavy atom. The Bertz CT molecular complexity index is 1260. The summed E-state index contributed by atoms with van der Waals surface area (Å²) in [5.74, 6) is -1.28. The number of anilines is 1. The van der Waals surface area contributed by atoms with Crippen molar-refractivity contribution in [3.05, 3.63) is 30.0 Å². The topological polar surface area (TPSA) is 140 Å². The van der Waals surface area contributed by atoms with E-state index in [0.717, 1.165) is 31.9 Å². The minimum absolute atomic E-state index is 0.00649. The van der Waals surface area contributed by atoms with Gasteiger partial charge < -0.3 is 19.9 Å². The molecule has 2 aliphatic rings. The number of alkyl halides is 3. The van der Waals surface area contributed by atoms with E-state index in [9.17, 15) is 31.5 Å². The SMILES string of the molecule is CC(O)(CNC(=O)Oc1nc(-c2ccc(NS(C)(=O)=O)cc2)c(OCC2CC2)nc1C(F)(F)F)C1CC1. The van der Waals surface area contributed by atoms with Gasteiger partial charge in [-0.25, -0.2) is 23.2 Å². The summed E-state index contributed by atoms with van der Waals surface area (Å²) in [4.78, 5) is 19.9. The summed E-state index contributed by atoms with van der Waals surface area (Å²) >= 11 is 0. The number of ether oxygens (including phenoxy) is 2. The monoisotopic (exact) mass is 544 g/mol. The number of nitrogens with zero attached hydrogens (tertiary/aromatic N) is 2. The van der Waals surface area contributed by atoms with Crippen LogP contribution in [0.5, 0.6) is 11.8 Å². The van der Waals surface area contributed by atoms with Crippen molar-refractivity contribution < 1.29 is 41.0 Å². The molecule has 0 saturated heterocycles. The largest absolute Gasteiger partial charge is 0.476 e. The first-order valence-electron chi connectivity index (χ1n) is 11.6. The van der Waals surface area contributed by atoms with Gasteiger partial charge in [-0.2, -0.15) is 13.2 Å². The molecule has 3 N–H and O–H groups in total. The summed E-state index contributed by atoms with van der Waals surface area (Å²) in [6, 6.07) is 5.64. The molecular weight excluding hydrogens is 517 g/mol. The van der Waals surface area contributed by atoms with Crippen LogP contribution in [0.3, 0.4) is 0 Å². The van der Waals surface area contributed by atoms with Crippen molar-refractivity contribution in [2.75, 3.05) is 24.1 Å². The number of carbonyl (C=O) groups excluding carboxylic acids is 1. The van der Waals surface area contributed by atoms with E-state index in [1.54, 1.807) is 0 Å². The fraction of sp³-hybridized carbons (Fsp3) is 0.522. The first-order valence-corrected chi connectivity index (χ1v) is 13.5. The van der Waals surface area contributed by atoms with Crippen LogP contribution in [0.1, 0.15) is 38.3 Å². The summed E-state index contributed by atoms with van der Waals surface area (Å²) < 4.78 is 77.3. The van der Waals surface area contributed by atoms with Gasteiger partial charge in [-0.15, -0.1) is 0 Å². The fourth-order valence-electron chi connectivity index (χ4n) is 3.57. The number of carbonyl (C=O) groups is 1. The second kappa shape index (κ2) is 9.97. The number of nitrogens with one attached hydrogen (secondary N) is 2. The predicted octanol–water partition coefficient (Wildman–Crippen LogP) is 3.57. The molecule has 0 bridgehead atoms. The Morgan fingerprint density at radius 1 is 1.11 bits per heavy atom. The van der Waals surface area contributed by atoms with E-state index in [-0.39, 0.29) is 41.9 Å². The maximum absolute atomic E-state index is 13.8. The van der Waals surface area contributed by atoms with Crippen LogP contribution in [0.2, 0.25) is 0 Å². The van der Waals surface area contributed by atoms with Crippen LogP contribution >= 0.6 is 0 Å². The standard InChI is InChI=1S/C23H27F3N4O6S/c1-22(32,15-7-8-15)12-27-21(31)36-20-18(23(24,25)26)29-19(35-11-13-3-4-13)17(28-20)14-5-9-16(10-6-14)30-37(2,33)34/h5-6,9-10,13,15,30,32H,3-4,7-8,11-12H2,1-2H3,(H,27,31). The van der Waals surface area contributed by atoms with Gasteiger partial charge in [0.15, 0.2) is 0 Å². The van der Waals surface area contributed by atoms with Crippen LogP contribution in [-0.2, 0) is 16.2 Å². The summed E-state index contributed by atoms with van der Waals surface area (Å²) in [5, 5.41) is 12.6. The van der Waals surface area contributed by atoms with E-state index in [2.05, 4.69) is 20.0 Å². The number of aromatic nitrogens is 2. The number of sulfonamides is 1. The van der Waals surface area contributed by atoms with Crippen LogP contribution in [0, 0.1) is 11.8 Å². The van der Waals surface area contributed by atoms with Crippen LogP contribution in [0.4, 0.5) is 23.7 Å². The van der Waals surface area contributed by atoms with E-state index in [4.69, 9.17) is 9.47 Å². The minimum atomic E-state index is -5.01. The zero-order chi connectivity index (χ0) is 27.0. The third kappa shape index (κ3) is 7.44. The Kier molecular flexibility index (Phi) is 7.25. The lowest BCUT2D eigenvalue weighted by Crippen LogP contribution is -2.43. The Morgan fingerprint density at radius 3 is 2.30 bits per heavy atom. The summed E-state index contributed by atoms with van der Waals surface area (Å²) in [6.45, 7) is 1.46. The summed E-state index contributed by atoms with van der Waals surface area (Å²) in [7, 11) is -3.54. The normalized spacial score (nSPS) is 17.6. The Balaban J connectivity index is 1.65. The molecule has 2 saturated carbocycles. The molecule has 14 heteroatoms. The van der Waals surface area contributed by atoms with E-state index in [1.165, 1.54) is 31.2 Å². The molecule has 0 radical (unpaired) electrons. The number of rotatable bonds is 10. The molecule has 1 aromatic carbocycles. The van der Waals surface area contributed by atoms with Crippen molar-refractivity contribution in [3.8, 4) is 23.0 Å². The van der Waals surface area contributed by atoms with E-state index in [1.807, 2.05) is 0 Å². The van der Waals surface area contributed by atoms with E-state index < -0.39 is 45.3 Å². The van der Waals surface area contributed by atoms with Crippen LogP contribution < -0.4 is 19.5 Å². The molecule has 1 unspecified atom stereocenters. The zero-order valence-corrected chi connectivity index (χ0v) is 20.9. The highest BCUT2D eigenvalue weighted by Crippen LogP contribution is 2.40. The van der Waals surface area contributed by atoms with Gasteiger partial charge in [-0.1, -0.05) is 12.1 Å². The van der Waals surface area contributed by atoms with Crippen molar-refractivity contribution >= 4 is 21.8 Å². The zero-order valence-electron chi connectivity index (χ0n) is 20.1. The average Bonchev–Trinajstić information content (AvgIpc) is 3.68. The maximum Gasteiger partial charge on any atom is 0.438 e. The fourth-order valence-corrected chi connectivity index (χ4v) is 4.13. The Hall–Kier alpha value is -3.13. The second-order valence-corrected chi connectivity index (χ2v) is 11.4. The third-order valence-electron chi connectivity index (χ3n) is 5.95. The van der Waals surface area contributed by atoms with Gasteiger partial charge in [0.25, 0.3) is 5.88 Å². The number of hydrogen-bond acceptors (Lipinski definition) is 8. The number of halogens is 3. The summed E-state index contributed by atoms with van der Waals surface area (Å²) in [6.07, 6.45) is -1.92. The van der Waals surface area contributed by atoms with Crippen molar-refractivity contribution in [3.63, 3.8) is 0 Å². The lowest BCUT2D eigenvalue weighted by molar-refractivity contribution is -0.142. The molecule has 2 aliphatic carbocycles. The molecule has 0 aliphatic heterocycles. The molecule has 202 valence electrons. The van der Waals surface area contributed by atoms with Gasteiger partial charge >= 0.3 is 12.3 Å². The van der Waals surface area contributed by atoms with Crippen molar-refractivity contribution in [2.45, 2.75) is 44.4 Å². The lowest BCUT2D eigenvalue weighted by Gasteiger charge is -2.23. The van der Waals surface area contributed by atoms with Crippen molar-refractivity contribution in [1.29, 1.82) is 0 Å². The van der Waals surface area contributed by atoms with Crippen molar-refractivity contribution in [1.82, 2.24) is 15.3 Å². The predicted molar refractivity (Wildman–Crippen MR) is 127 cm³/mol. The van der Waals surface area contributed by atoms with Gasteiger partial charge in [0.1, 0.15) is 5.69 Å². The first kappa shape index (κ1) is 26.9.